The van der Waals surface area contributed by atoms with Gasteiger partial charge in [0, 0.05) is 16.5 Å². The predicted octanol–water partition coefficient (Wildman–Crippen LogP) is 2.02. The molecule has 0 radical (unpaired) electrons. The van der Waals surface area contributed by atoms with E-state index >= 15 is 0 Å². The molecular weight excluding hydrogens is 232 g/mol. The molecule has 0 atom stereocenters. The summed E-state index contributed by atoms with van der Waals surface area (Å²) in [6.07, 6.45) is -1.50. The zero-order valence-corrected chi connectivity index (χ0v) is 10.6. The van der Waals surface area contributed by atoms with Crippen molar-refractivity contribution < 1.29 is 14.7 Å². The van der Waals surface area contributed by atoms with Crippen LogP contribution in [0.2, 0.25) is 0 Å². The maximum Gasteiger partial charge on any atom is 0.232 e. The lowest BCUT2D eigenvalue weighted by molar-refractivity contribution is -0.0424. The number of aliphatic hydroxyl groups excluding tert-OH is 1. The third kappa shape index (κ3) is 2.57. The molecule has 0 amide bonds. The molecule has 18 heavy (non-hydrogen) atoms. The van der Waals surface area contributed by atoms with Gasteiger partial charge in [-0.05, 0) is 6.07 Å². The number of rotatable bonds is 2. The Labute approximate surface area is 105 Å². The fourth-order valence-electron chi connectivity index (χ4n) is 1.48. The summed E-state index contributed by atoms with van der Waals surface area (Å²) in [5.41, 5.74) is 0.883. The molecule has 5 heteroatoms. The van der Waals surface area contributed by atoms with E-state index in [-0.39, 0.29) is 5.41 Å². The molecule has 0 saturated heterocycles. The van der Waals surface area contributed by atoms with Crippen molar-refractivity contribution in [1.82, 2.24) is 10.1 Å². The number of nitrogens with zero attached hydrogens (tertiary/aromatic N) is 2. The fraction of sp³-hybridized carbons (Fsp3) is 0.385. The minimum absolute atomic E-state index is 0.209. The van der Waals surface area contributed by atoms with Gasteiger partial charge in [0.05, 0.1) is 0 Å². The number of hydrogen-bond acceptors (Lipinski definition) is 5. The van der Waals surface area contributed by atoms with Gasteiger partial charge in [-0.25, -0.2) is 0 Å². The lowest BCUT2D eigenvalue weighted by Crippen LogP contribution is -2.11. The Morgan fingerprint density at radius 2 is 1.94 bits per heavy atom. The summed E-state index contributed by atoms with van der Waals surface area (Å²) in [5, 5.41) is 22.1. The molecule has 2 rings (SSSR count). The molecule has 1 aromatic heterocycles. The molecule has 0 aliphatic rings. The average Bonchev–Trinajstić information content (AvgIpc) is 2.78. The SMILES string of the molecule is CC(C)(C)c1nc(-c2cccc(C(O)O)c2)no1. The Hall–Kier alpha value is -1.72. The molecule has 0 aliphatic heterocycles. The van der Waals surface area contributed by atoms with Gasteiger partial charge < -0.3 is 14.7 Å². The van der Waals surface area contributed by atoms with Crippen LogP contribution < -0.4 is 0 Å². The molecule has 1 heterocycles. The van der Waals surface area contributed by atoms with Crippen molar-refractivity contribution in [3.05, 3.63) is 35.7 Å². The smallest absolute Gasteiger partial charge is 0.232 e. The number of aliphatic hydroxyl groups is 2. The van der Waals surface area contributed by atoms with Crippen molar-refractivity contribution in [3.63, 3.8) is 0 Å². The van der Waals surface area contributed by atoms with Crippen LogP contribution in [0.3, 0.4) is 0 Å². The highest BCUT2D eigenvalue weighted by Crippen LogP contribution is 2.25. The topological polar surface area (TPSA) is 79.4 Å². The third-order valence-corrected chi connectivity index (χ3v) is 2.51. The molecule has 5 nitrogen and oxygen atoms in total. The van der Waals surface area contributed by atoms with E-state index < -0.39 is 6.29 Å². The minimum Gasteiger partial charge on any atom is -0.364 e. The van der Waals surface area contributed by atoms with Crippen molar-refractivity contribution in [2.75, 3.05) is 0 Å². The first-order chi connectivity index (χ1) is 8.38. The van der Waals surface area contributed by atoms with Crippen molar-refractivity contribution in [2.24, 2.45) is 0 Å². The monoisotopic (exact) mass is 248 g/mol. The minimum atomic E-state index is -1.50. The standard InChI is InChI=1S/C13H16N2O3/c1-13(2,3)12-14-10(15-18-12)8-5-4-6-9(7-8)11(16)17/h4-7,11,16-17H,1-3H3. The van der Waals surface area contributed by atoms with Crippen LogP contribution in [-0.4, -0.2) is 20.4 Å². The molecule has 0 fully saturated rings. The zero-order chi connectivity index (χ0) is 13.3. The highest BCUT2D eigenvalue weighted by atomic mass is 16.5. The largest absolute Gasteiger partial charge is 0.364 e. The first kappa shape index (κ1) is 12.7. The van der Waals surface area contributed by atoms with Crippen LogP contribution in [0.15, 0.2) is 28.8 Å². The van der Waals surface area contributed by atoms with Crippen molar-refractivity contribution in [1.29, 1.82) is 0 Å². The zero-order valence-electron chi connectivity index (χ0n) is 10.6. The second-order valence-corrected chi connectivity index (χ2v) is 5.17. The highest BCUT2D eigenvalue weighted by molar-refractivity contribution is 5.55. The van der Waals surface area contributed by atoms with E-state index in [0.29, 0.717) is 22.8 Å². The summed E-state index contributed by atoms with van der Waals surface area (Å²) in [4.78, 5) is 4.31. The van der Waals surface area contributed by atoms with E-state index in [1.807, 2.05) is 20.8 Å². The first-order valence-electron chi connectivity index (χ1n) is 5.68. The molecule has 2 N–H and O–H groups in total. The lowest BCUT2D eigenvalue weighted by atomic mass is 9.97. The molecule has 2 aromatic rings. The van der Waals surface area contributed by atoms with Crippen LogP contribution in [0.5, 0.6) is 0 Å². The quantitative estimate of drug-likeness (QED) is 0.795. The summed E-state index contributed by atoms with van der Waals surface area (Å²) >= 11 is 0. The lowest BCUT2D eigenvalue weighted by Gasteiger charge is -2.10. The van der Waals surface area contributed by atoms with E-state index in [0.717, 1.165) is 0 Å². The van der Waals surface area contributed by atoms with Crippen LogP contribution in [0.4, 0.5) is 0 Å². The maximum absolute atomic E-state index is 9.12. The van der Waals surface area contributed by atoms with Gasteiger partial charge in [0.2, 0.25) is 11.7 Å². The Morgan fingerprint density at radius 3 is 2.50 bits per heavy atom. The van der Waals surface area contributed by atoms with E-state index in [9.17, 15) is 0 Å². The summed E-state index contributed by atoms with van der Waals surface area (Å²) in [7, 11) is 0. The van der Waals surface area contributed by atoms with Crippen LogP contribution >= 0.6 is 0 Å². The summed E-state index contributed by atoms with van der Waals surface area (Å²) in [6, 6.07) is 6.77. The molecule has 0 aliphatic carbocycles. The van der Waals surface area contributed by atoms with Crippen molar-refractivity contribution in [2.45, 2.75) is 32.5 Å². The molecule has 0 bridgehead atoms. The van der Waals surface area contributed by atoms with Gasteiger partial charge in [-0.3, -0.25) is 0 Å². The average molecular weight is 248 g/mol. The van der Waals surface area contributed by atoms with Gasteiger partial charge in [0.1, 0.15) is 0 Å². The molecule has 96 valence electrons. The highest BCUT2D eigenvalue weighted by Gasteiger charge is 2.22. The summed E-state index contributed by atoms with van der Waals surface area (Å²) in [6.45, 7) is 5.95. The second kappa shape index (κ2) is 4.51. The van der Waals surface area contributed by atoms with E-state index in [1.165, 1.54) is 0 Å². The first-order valence-corrected chi connectivity index (χ1v) is 5.68. The maximum atomic E-state index is 9.12. The molecule has 0 spiro atoms. The fourth-order valence-corrected chi connectivity index (χ4v) is 1.48. The van der Waals surface area contributed by atoms with Crippen LogP contribution in [-0.2, 0) is 5.41 Å². The van der Waals surface area contributed by atoms with Gasteiger partial charge in [-0.2, -0.15) is 4.98 Å². The van der Waals surface area contributed by atoms with Gasteiger partial charge in [0.15, 0.2) is 6.29 Å². The van der Waals surface area contributed by atoms with E-state index in [1.54, 1.807) is 24.3 Å². The predicted molar refractivity (Wildman–Crippen MR) is 65.6 cm³/mol. The molecule has 1 aromatic carbocycles. The molecule has 0 unspecified atom stereocenters. The van der Waals surface area contributed by atoms with Gasteiger partial charge in [-0.15, -0.1) is 0 Å². The van der Waals surface area contributed by atoms with E-state index in [4.69, 9.17) is 14.7 Å². The van der Waals surface area contributed by atoms with Crippen molar-refractivity contribution in [3.8, 4) is 11.4 Å². The third-order valence-electron chi connectivity index (χ3n) is 2.51. The number of aromatic nitrogens is 2. The van der Waals surface area contributed by atoms with Crippen LogP contribution in [0.25, 0.3) is 11.4 Å². The van der Waals surface area contributed by atoms with Crippen LogP contribution in [0.1, 0.15) is 38.5 Å². The van der Waals surface area contributed by atoms with Crippen LogP contribution in [0, 0.1) is 0 Å². The second-order valence-electron chi connectivity index (χ2n) is 5.17. The number of hydrogen-bond donors (Lipinski definition) is 2. The molecular formula is C13H16N2O3. The normalized spacial score (nSPS) is 12.1. The van der Waals surface area contributed by atoms with Gasteiger partial charge >= 0.3 is 0 Å². The Balaban J connectivity index is 2.37. The molecule has 0 saturated carbocycles. The van der Waals surface area contributed by atoms with Crippen molar-refractivity contribution >= 4 is 0 Å². The van der Waals surface area contributed by atoms with Gasteiger partial charge in [0.25, 0.3) is 0 Å². The van der Waals surface area contributed by atoms with E-state index in [2.05, 4.69) is 10.1 Å². The Morgan fingerprint density at radius 1 is 1.22 bits per heavy atom. The Bertz CT molecular complexity index is 541. The number of benzene rings is 1. The summed E-state index contributed by atoms with van der Waals surface area (Å²) < 4.78 is 5.20. The van der Waals surface area contributed by atoms with Gasteiger partial charge in [-0.1, -0.05) is 44.1 Å². The summed E-state index contributed by atoms with van der Waals surface area (Å²) in [5.74, 6) is 0.995. The Kier molecular flexibility index (Phi) is 3.19.